The monoisotopic (exact) mass is 260 g/mol. The average Bonchev–Trinajstić information content (AvgIpc) is 2.60. The van der Waals surface area contributed by atoms with Crippen molar-refractivity contribution in [2.45, 2.75) is 0 Å². The van der Waals surface area contributed by atoms with Gasteiger partial charge in [0.05, 0.1) is 6.26 Å². The van der Waals surface area contributed by atoms with E-state index in [0.717, 1.165) is 5.56 Å². The summed E-state index contributed by atoms with van der Waals surface area (Å²) < 4.78 is 5.12. The lowest BCUT2D eigenvalue weighted by atomic mass is 10.2. The summed E-state index contributed by atoms with van der Waals surface area (Å²) in [5, 5.41) is 3.28. The lowest BCUT2D eigenvalue weighted by molar-refractivity contribution is -0.121. The van der Waals surface area contributed by atoms with E-state index in [9.17, 15) is 4.79 Å². The van der Waals surface area contributed by atoms with Gasteiger partial charge in [-0.05, 0) is 36.0 Å². The Morgan fingerprint density at radius 2 is 2.06 bits per heavy atom. The highest BCUT2D eigenvalue weighted by atomic mass is 32.1. The van der Waals surface area contributed by atoms with Crippen LogP contribution in [0.1, 0.15) is 5.56 Å². The maximum absolute atomic E-state index is 11.8. The first-order valence-electron chi connectivity index (χ1n) is 5.30. The van der Waals surface area contributed by atoms with E-state index in [1.165, 1.54) is 11.2 Å². The van der Waals surface area contributed by atoms with Crippen molar-refractivity contribution < 1.29 is 9.53 Å². The third kappa shape index (κ3) is 2.41. The van der Waals surface area contributed by atoms with Gasteiger partial charge >= 0.3 is 0 Å². The number of hydrogen-bond donors (Lipinski definition) is 1. The van der Waals surface area contributed by atoms with Gasteiger partial charge in [0.15, 0.2) is 5.11 Å². The Bertz CT molecular complexity index is 534. The third-order valence-corrected chi connectivity index (χ3v) is 2.87. The number of benzene rings is 1. The van der Waals surface area contributed by atoms with Crippen LogP contribution >= 0.6 is 12.2 Å². The SMILES string of the molecule is C=COc1ccc(C=C2NC(=S)N(C)C2=O)cc1. The van der Waals surface area contributed by atoms with Gasteiger partial charge in [0.2, 0.25) is 0 Å². The van der Waals surface area contributed by atoms with Crippen LogP contribution in [0.5, 0.6) is 5.75 Å². The highest BCUT2D eigenvalue weighted by Gasteiger charge is 2.26. The van der Waals surface area contributed by atoms with Gasteiger partial charge in [0, 0.05) is 7.05 Å². The largest absolute Gasteiger partial charge is 0.466 e. The van der Waals surface area contributed by atoms with Crippen molar-refractivity contribution >= 4 is 29.3 Å². The summed E-state index contributed by atoms with van der Waals surface area (Å²) in [6.45, 7) is 3.48. The molecular weight excluding hydrogens is 248 g/mol. The molecule has 1 aliphatic heterocycles. The Morgan fingerprint density at radius 3 is 2.56 bits per heavy atom. The molecule has 18 heavy (non-hydrogen) atoms. The summed E-state index contributed by atoms with van der Waals surface area (Å²) in [6, 6.07) is 7.30. The number of likely N-dealkylation sites (N-methyl/N-ethyl adjacent to an activating group) is 1. The van der Waals surface area contributed by atoms with Crippen LogP contribution < -0.4 is 10.1 Å². The highest BCUT2D eigenvalue weighted by Crippen LogP contribution is 2.16. The molecule has 4 nitrogen and oxygen atoms in total. The minimum atomic E-state index is -0.133. The Hall–Kier alpha value is -2.14. The van der Waals surface area contributed by atoms with Crippen molar-refractivity contribution in [3.63, 3.8) is 0 Å². The molecule has 0 radical (unpaired) electrons. The number of carbonyl (C=O) groups is 1. The van der Waals surface area contributed by atoms with Gasteiger partial charge in [-0.15, -0.1) is 0 Å². The Balaban J connectivity index is 2.21. The van der Waals surface area contributed by atoms with Crippen LogP contribution in [0.4, 0.5) is 0 Å². The molecule has 1 fully saturated rings. The minimum Gasteiger partial charge on any atom is -0.466 e. The summed E-state index contributed by atoms with van der Waals surface area (Å²) in [4.78, 5) is 13.2. The second-order valence-electron chi connectivity index (χ2n) is 3.71. The van der Waals surface area contributed by atoms with Crippen molar-refractivity contribution in [2.24, 2.45) is 0 Å². The van der Waals surface area contributed by atoms with Crippen LogP contribution in [-0.2, 0) is 4.79 Å². The summed E-state index contributed by atoms with van der Waals surface area (Å²) in [7, 11) is 1.64. The maximum Gasteiger partial charge on any atom is 0.276 e. The number of carbonyl (C=O) groups excluding carboxylic acids is 1. The maximum atomic E-state index is 11.8. The van der Waals surface area contributed by atoms with Crippen LogP contribution in [0.15, 0.2) is 42.8 Å². The van der Waals surface area contributed by atoms with Crippen LogP contribution in [0.2, 0.25) is 0 Å². The smallest absolute Gasteiger partial charge is 0.276 e. The molecule has 0 aromatic heterocycles. The highest BCUT2D eigenvalue weighted by molar-refractivity contribution is 7.80. The molecule has 0 aliphatic carbocycles. The molecule has 5 heteroatoms. The Morgan fingerprint density at radius 1 is 1.39 bits per heavy atom. The predicted octanol–water partition coefficient (Wildman–Crippen LogP) is 1.90. The normalized spacial score (nSPS) is 16.9. The van der Waals surface area contributed by atoms with Crippen LogP contribution in [0.3, 0.4) is 0 Å². The van der Waals surface area contributed by atoms with Gasteiger partial charge in [0.25, 0.3) is 5.91 Å². The summed E-state index contributed by atoms with van der Waals surface area (Å²) in [5.74, 6) is 0.567. The molecule has 0 unspecified atom stereocenters. The molecule has 2 rings (SSSR count). The molecule has 1 amide bonds. The van der Waals surface area contributed by atoms with E-state index >= 15 is 0 Å². The second kappa shape index (κ2) is 5.01. The van der Waals surface area contributed by atoms with Gasteiger partial charge < -0.3 is 10.1 Å². The van der Waals surface area contributed by atoms with E-state index < -0.39 is 0 Å². The number of rotatable bonds is 3. The summed E-state index contributed by atoms with van der Waals surface area (Å²) in [5.41, 5.74) is 1.36. The van der Waals surface area contributed by atoms with E-state index in [-0.39, 0.29) is 5.91 Å². The lowest BCUT2D eigenvalue weighted by Crippen LogP contribution is -2.25. The molecule has 1 saturated heterocycles. The molecule has 0 spiro atoms. The van der Waals surface area contributed by atoms with E-state index in [0.29, 0.717) is 16.6 Å². The van der Waals surface area contributed by atoms with Crippen molar-refractivity contribution in [1.82, 2.24) is 10.2 Å². The first-order valence-corrected chi connectivity index (χ1v) is 5.71. The Kier molecular flexibility index (Phi) is 3.43. The van der Waals surface area contributed by atoms with E-state index in [2.05, 4.69) is 11.9 Å². The number of hydrogen-bond acceptors (Lipinski definition) is 3. The van der Waals surface area contributed by atoms with Crippen molar-refractivity contribution in [3.05, 3.63) is 48.4 Å². The third-order valence-electron chi connectivity index (χ3n) is 2.49. The zero-order valence-corrected chi connectivity index (χ0v) is 10.7. The molecule has 1 aromatic rings. The van der Waals surface area contributed by atoms with Gasteiger partial charge in [-0.2, -0.15) is 0 Å². The number of amides is 1. The second-order valence-corrected chi connectivity index (χ2v) is 4.09. The first kappa shape index (κ1) is 12.3. The quantitative estimate of drug-likeness (QED) is 0.512. The molecule has 0 bridgehead atoms. The van der Waals surface area contributed by atoms with Crippen LogP contribution in [0, 0.1) is 0 Å². The van der Waals surface area contributed by atoms with E-state index in [1.807, 2.05) is 12.1 Å². The topological polar surface area (TPSA) is 41.6 Å². The number of thiocarbonyl (C=S) groups is 1. The molecule has 1 aliphatic rings. The number of nitrogens with one attached hydrogen (secondary N) is 1. The van der Waals surface area contributed by atoms with Gasteiger partial charge in [-0.25, -0.2) is 0 Å². The van der Waals surface area contributed by atoms with Gasteiger partial charge in [0.1, 0.15) is 11.4 Å². The molecule has 0 atom stereocenters. The predicted molar refractivity (Wildman–Crippen MR) is 73.7 cm³/mol. The number of ether oxygens (including phenoxy) is 1. The molecule has 1 aromatic carbocycles. The van der Waals surface area contributed by atoms with Crippen molar-refractivity contribution in [2.75, 3.05) is 7.05 Å². The fourth-order valence-electron chi connectivity index (χ4n) is 1.53. The first-order chi connectivity index (χ1) is 8.61. The van der Waals surface area contributed by atoms with E-state index in [4.69, 9.17) is 17.0 Å². The molecular formula is C13H12N2O2S. The molecule has 1 N–H and O–H groups in total. The summed E-state index contributed by atoms with van der Waals surface area (Å²) in [6.07, 6.45) is 3.11. The molecule has 1 heterocycles. The van der Waals surface area contributed by atoms with Gasteiger partial charge in [-0.1, -0.05) is 18.7 Å². The zero-order chi connectivity index (χ0) is 13.1. The molecule has 92 valence electrons. The Labute approximate surface area is 111 Å². The average molecular weight is 260 g/mol. The van der Waals surface area contributed by atoms with Crippen molar-refractivity contribution in [3.8, 4) is 5.75 Å². The van der Waals surface area contributed by atoms with E-state index in [1.54, 1.807) is 25.3 Å². The fourth-order valence-corrected chi connectivity index (χ4v) is 1.72. The van der Waals surface area contributed by atoms with Crippen LogP contribution in [-0.4, -0.2) is 23.0 Å². The fraction of sp³-hybridized carbons (Fsp3) is 0.0769. The summed E-state index contributed by atoms with van der Waals surface area (Å²) >= 11 is 4.99. The van der Waals surface area contributed by atoms with Crippen LogP contribution in [0.25, 0.3) is 6.08 Å². The molecule has 0 saturated carbocycles. The number of nitrogens with zero attached hydrogens (tertiary/aromatic N) is 1. The lowest BCUT2D eigenvalue weighted by Gasteiger charge is -2.02. The zero-order valence-electron chi connectivity index (χ0n) is 9.84. The minimum absolute atomic E-state index is 0.133. The standard InChI is InChI=1S/C13H12N2O2S/c1-3-17-10-6-4-9(5-7-10)8-11-12(16)15(2)13(18)14-11/h3-8H,1H2,2H3,(H,14,18). The van der Waals surface area contributed by atoms with Gasteiger partial charge in [-0.3, -0.25) is 9.69 Å². The van der Waals surface area contributed by atoms with Crippen molar-refractivity contribution in [1.29, 1.82) is 0 Å².